The number of carbonyl (C=O) groups is 1. The maximum Gasteiger partial charge on any atom is 0.274 e. The molecule has 0 atom stereocenters. The highest BCUT2D eigenvalue weighted by atomic mass is 32.2. The summed E-state index contributed by atoms with van der Waals surface area (Å²) in [6, 6.07) is 17.3. The van der Waals surface area contributed by atoms with Crippen molar-refractivity contribution < 1.29 is 4.79 Å². The maximum absolute atomic E-state index is 13.0. The number of nitrogens with zero attached hydrogens (tertiary/aromatic N) is 2. The molecule has 0 fully saturated rings. The highest BCUT2D eigenvalue weighted by Gasteiger charge is 2.21. The molecule has 0 unspecified atom stereocenters. The molecule has 0 amide bonds. The van der Waals surface area contributed by atoms with Gasteiger partial charge < -0.3 is 0 Å². The minimum absolute atomic E-state index is 0.0348. The van der Waals surface area contributed by atoms with E-state index in [1.54, 1.807) is 30.7 Å². The van der Waals surface area contributed by atoms with Crippen molar-refractivity contribution in [3.05, 3.63) is 81.8 Å². The third-order valence-corrected chi connectivity index (χ3v) is 5.13. The molecular formula is C21H18N2O2S. The molecule has 2 aromatic heterocycles. The molecule has 0 aliphatic rings. The smallest absolute Gasteiger partial charge is 0.274 e. The van der Waals surface area contributed by atoms with E-state index in [4.69, 9.17) is 0 Å². The lowest BCUT2D eigenvalue weighted by Crippen LogP contribution is -2.21. The van der Waals surface area contributed by atoms with Crippen LogP contribution in [0.5, 0.6) is 0 Å². The number of rotatable bonds is 6. The summed E-state index contributed by atoms with van der Waals surface area (Å²) in [5.74, 6) is -0.0366. The van der Waals surface area contributed by atoms with Crippen LogP contribution in [0.25, 0.3) is 5.52 Å². The van der Waals surface area contributed by atoms with Gasteiger partial charge in [-0.15, -0.1) is 11.8 Å². The van der Waals surface area contributed by atoms with E-state index in [0.717, 1.165) is 12.8 Å². The molecule has 0 bridgehead atoms. The standard InChI is InChI=1S/C21H18N2O2S/c1-26-20-16(14-22)21(25)23-13-6-5-11-17(23)19(20)18(24)12-7-10-15-8-3-2-4-9-15/h2-6,8-9,11,13H,7,10,12H2,1H3. The molecule has 2 heterocycles. The van der Waals surface area contributed by atoms with Crippen LogP contribution in [0.2, 0.25) is 0 Å². The zero-order valence-corrected chi connectivity index (χ0v) is 15.3. The molecule has 5 heteroatoms. The normalized spacial score (nSPS) is 10.6. The predicted molar refractivity (Wildman–Crippen MR) is 104 cm³/mol. The highest BCUT2D eigenvalue weighted by Crippen LogP contribution is 2.28. The Balaban J connectivity index is 1.98. The molecule has 0 aliphatic carbocycles. The first-order chi connectivity index (χ1) is 12.7. The summed E-state index contributed by atoms with van der Waals surface area (Å²) in [6.07, 6.45) is 5.29. The van der Waals surface area contributed by atoms with Crippen molar-refractivity contribution in [3.8, 4) is 6.07 Å². The fourth-order valence-electron chi connectivity index (χ4n) is 3.08. The van der Waals surface area contributed by atoms with E-state index in [0.29, 0.717) is 22.4 Å². The molecule has 3 rings (SSSR count). The number of carbonyl (C=O) groups excluding carboxylic acids is 1. The molecule has 0 radical (unpaired) electrons. The number of nitriles is 1. The van der Waals surface area contributed by atoms with Crippen molar-refractivity contribution in [1.29, 1.82) is 5.26 Å². The topological polar surface area (TPSA) is 62.3 Å². The Kier molecular flexibility index (Phi) is 5.55. The average Bonchev–Trinajstić information content (AvgIpc) is 2.68. The Morgan fingerprint density at radius 2 is 1.88 bits per heavy atom. The molecule has 3 aromatic rings. The number of aryl methyl sites for hydroxylation is 1. The van der Waals surface area contributed by atoms with E-state index in [2.05, 4.69) is 0 Å². The van der Waals surface area contributed by atoms with Gasteiger partial charge in [-0.2, -0.15) is 5.26 Å². The zero-order valence-electron chi connectivity index (χ0n) is 14.4. The fraction of sp³-hybridized carbons (Fsp3) is 0.190. The van der Waals surface area contributed by atoms with Gasteiger partial charge in [0.1, 0.15) is 11.6 Å². The molecular weight excluding hydrogens is 344 g/mol. The molecule has 0 N–H and O–H groups in total. The third-order valence-electron chi connectivity index (χ3n) is 4.31. The van der Waals surface area contributed by atoms with Crippen LogP contribution < -0.4 is 5.56 Å². The van der Waals surface area contributed by atoms with E-state index in [1.807, 2.05) is 36.4 Å². The summed E-state index contributed by atoms with van der Waals surface area (Å²) < 4.78 is 1.39. The van der Waals surface area contributed by atoms with Gasteiger partial charge in [0.15, 0.2) is 5.78 Å². The summed E-state index contributed by atoms with van der Waals surface area (Å²) in [7, 11) is 0. The third kappa shape index (κ3) is 3.42. The molecule has 4 nitrogen and oxygen atoms in total. The molecule has 0 saturated carbocycles. The van der Waals surface area contributed by atoms with Crippen LogP contribution in [0.3, 0.4) is 0 Å². The largest absolute Gasteiger partial charge is 0.294 e. The minimum atomic E-state index is -0.381. The lowest BCUT2D eigenvalue weighted by atomic mass is 10.0. The number of fused-ring (bicyclic) bond motifs is 1. The van der Waals surface area contributed by atoms with Gasteiger partial charge in [0.05, 0.1) is 11.1 Å². The van der Waals surface area contributed by atoms with Crippen LogP contribution in [0.4, 0.5) is 0 Å². The van der Waals surface area contributed by atoms with Gasteiger partial charge in [-0.1, -0.05) is 36.4 Å². The predicted octanol–water partition coefficient (Wildman–Crippen LogP) is 4.10. The number of Topliss-reactive ketones (excluding diaryl/α,β-unsaturated/α-hetero) is 1. The van der Waals surface area contributed by atoms with Gasteiger partial charge in [-0.05, 0) is 36.8 Å². The molecule has 0 spiro atoms. The minimum Gasteiger partial charge on any atom is -0.294 e. The second-order valence-corrected chi connectivity index (χ2v) is 6.73. The summed E-state index contributed by atoms with van der Waals surface area (Å²) in [5.41, 5.74) is 1.88. The van der Waals surface area contributed by atoms with Gasteiger partial charge in [0, 0.05) is 17.5 Å². The van der Waals surface area contributed by atoms with Crippen LogP contribution in [0.1, 0.15) is 34.3 Å². The Morgan fingerprint density at radius 3 is 2.58 bits per heavy atom. The first-order valence-electron chi connectivity index (χ1n) is 8.36. The summed E-state index contributed by atoms with van der Waals surface area (Å²) >= 11 is 1.28. The molecule has 130 valence electrons. The Hall–Kier alpha value is -2.84. The second-order valence-electron chi connectivity index (χ2n) is 5.92. The van der Waals surface area contributed by atoms with E-state index in [-0.39, 0.29) is 16.9 Å². The molecule has 26 heavy (non-hydrogen) atoms. The van der Waals surface area contributed by atoms with E-state index in [9.17, 15) is 14.9 Å². The van der Waals surface area contributed by atoms with Crippen molar-refractivity contribution in [2.75, 3.05) is 6.26 Å². The number of benzene rings is 1. The number of aromatic nitrogens is 1. The van der Waals surface area contributed by atoms with Gasteiger partial charge in [-0.3, -0.25) is 14.0 Å². The second kappa shape index (κ2) is 8.03. The summed E-state index contributed by atoms with van der Waals surface area (Å²) in [6.45, 7) is 0. The van der Waals surface area contributed by atoms with Crippen LogP contribution in [-0.4, -0.2) is 16.4 Å². The SMILES string of the molecule is CSc1c(C#N)c(=O)n2ccccc2c1C(=O)CCCc1ccccc1. The van der Waals surface area contributed by atoms with Gasteiger partial charge >= 0.3 is 0 Å². The first kappa shape index (κ1) is 18.0. The average molecular weight is 362 g/mol. The van der Waals surface area contributed by atoms with Crippen molar-refractivity contribution in [1.82, 2.24) is 4.40 Å². The fourth-order valence-corrected chi connectivity index (χ4v) is 3.84. The number of hydrogen-bond donors (Lipinski definition) is 0. The van der Waals surface area contributed by atoms with Crippen LogP contribution >= 0.6 is 11.8 Å². The molecule has 0 saturated heterocycles. The van der Waals surface area contributed by atoms with E-state index in [1.165, 1.54) is 21.7 Å². The Morgan fingerprint density at radius 1 is 1.15 bits per heavy atom. The quantitative estimate of drug-likeness (QED) is 0.489. The van der Waals surface area contributed by atoms with E-state index >= 15 is 0 Å². The summed E-state index contributed by atoms with van der Waals surface area (Å²) in [5, 5.41) is 9.43. The van der Waals surface area contributed by atoms with Crippen LogP contribution in [0, 0.1) is 11.3 Å². The van der Waals surface area contributed by atoms with Crippen molar-refractivity contribution in [2.45, 2.75) is 24.2 Å². The van der Waals surface area contributed by atoms with E-state index < -0.39 is 0 Å². The Bertz CT molecular complexity index is 1050. The van der Waals surface area contributed by atoms with Crippen LogP contribution in [-0.2, 0) is 6.42 Å². The molecule has 1 aromatic carbocycles. The maximum atomic E-state index is 13.0. The van der Waals surface area contributed by atoms with Crippen molar-refractivity contribution >= 4 is 23.1 Å². The monoisotopic (exact) mass is 362 g/mol. The highest BCUT2D eigenvalue weighted by molar-refractivity contribution is 7.98. The zero-order chi connectivity index (χ0) is 18.5. The van der Waals surface area contributed by atoms with Gasteiger partial charge in [0.25, 0.3) is 5.56 Å². The number of pyridine rings is 2. The van der Waals surface area contributed by atoms with Crippen molar-refractivity contribution in [3.63, 3.8) is 0 Å². The summed E-state index contributed by atoms with van der Waals surface area (Å²) in [4.78, 5) is 26.0. The lowest BCUT2D eigenvalue weighted by molar-refractivity contribution is 0.0978. The number of ketones is 1. The lowest BCUT2D eigenvalue weighted by Gasteiger charge is -2.13. The Labute approximate surface area is 156 Å². The number of hydrogen-bond acceptors (Lipinski definition) is 4. The van der Waals surface area contributed by atoms with Crippen LogP contribution in [0.15, 0.2) is 64.4 Å². The van der Waals surface area contributed by atoms with Crippen molar-refractivity contribution in [2.24, 2.45) is 0 Å². The number of thioether (sulfide) groups is 1. The van der Waals surface area contributed by atoms with Gasteiger partial charge in [0.2, 0.25) is 0 Å². The van der Waals surface area contributed by atoms with Gasteiger partial charge in [-0.25, -0.2) is 0 Å². The first-order valence-corrected chi connectivity index (χ1v) is 9.58. The molecule has 0 aliphatic heterocycles.